The molecule has 0 atom stereocenters. The Labute approximate surface area is 166 Å². The van der Waals surface area contributed by atoms with Gasteiger partial charge >= 0.3 is 0 Å². The molecule has 0 bridgehead atoms. The second kappa shape index (κ2) is 7.64. The van der Waals surface area contributed by atoms with E-state index in [0.717, 1.165) is 40.7 Å². The van der Waals surface area contributed by atoms with E-state index >= 15 is 0 Å². The number of rotatable bonds is 8. The van der Waals surface area contributed by atoms with E-state index < -0.39 is 8.07 Å². The Kier molecular flexibility index (Phi) is 5.20. The van der Waals surface area contributed by atoms with Crippen LogP contribution in [-0.2, 0) is 11.5 Å². The predicted molar refractivity (Wildman–Crippen MR) is 113 cm³/mol. The number of methoxy groups -OCH3 is 1. The molecule has 0 spiro atoms. The lowest BCUT2D eigenvalue weighted by molar-refractivity contribution is 0.0902. The van der Waals surface area contributed by atoms with Crippen LogP contribution in [0.2, 0.25) is 25.7 Å². The van der Waals surface area contributed by atoms with Crippen LogP contribution in [0, 0.1) is 0 Å². The van der Waals surface area contributed by atoms with Gasteiger partial charge in [-0.05, 0) is 31.0 Å². The van der Waals surface area contributed by atoms with Gasteiger partial charge in [0.1, 0.15) is 12.5 Å². The fourth-order valence-corrected chi connectivity index (χ4v) is 4.02. The van der Waals surface area contributed by atoms with E-state index in [9.17, 15) is 0 Å². The average molecular weight is 397 g/mol. The van der Waals surface area contributed by atoms with E-state index in [2.05, 4.69) is 34.2 Å². The third-order valence-corrected chi connectivity index (χ3v) is 6.80. The normalized spacial score (nSPS) is 14.6. The highest BCUT2D eigenvalue weighted by Gasteiger charge is 2.30. The molecule has 0 aliphatic heterocycles. The van der Waals surface area contributed by atoms with Crippen molar-refractivity contribution >= 4 is 19.1 Å². The summed E-state index contributed by atoms with van der Waals surface area (Å²) in [4.78, 5) is 14.1. The summed E-state index contributed by atoms with van der Waals surface area (Å²) in [6, 6.07) is 5.06. The Bertz CT molecular complexity index is 976. The van der Waals surface area contributed by atoms with Gasteiger partial charge < -0.3 is 14.0 Å². The molecular weight excluding hydrogens is 368 g/mol. The lowest BCUT2D eigenvalue weighted by atomic mass is 10.1. The van der Waals surface area contributed by atoms with Gasteiger partial charge in [-0.15, -0.1) is 0 Å². The highest BCUT2D eigenvalue weighted by molar-refractivity contribution is 6.76. The third-order valence-electron chi connectivity index (χ3n) is 5.10. The summed E-state index contributed by atoms with van der Waals surface area (Å²) in [5, 5.41) is 0. The van der Waals surface area contributed by atoms with Crippen LogP contribution >= 0.6 is 0 Å². The molecule has 0 unspecified atom stereocenters. The van der Waals surface area contributed by atoms with Gasteiger partial charge in [-0.2, -0.15) is 0 Å². The topological polar surface area (TPSA) is 62.1 Å². The second-order valence-corrected chi connectivity index (χ2v) is 14.3. The standard InChI is InChI=1S/C21H28N4O2Si/c1-26-18-7-9-22-20(15-5-6-15)19(18)21-23-13-17-16(24-21)8-10-25(17)14-27-11-12-28(2,3)4/h7-10,13,15H,5-6,11-12,14H2,1-4H3. The van der Waals surface area contributed by atoms with Crippen molar-refractivity contribution in [2.75, 3.05) is 13.7 Å². The molecule has 7 heteroatoms. The minimum absolute atomic E-state index is 0.494. The van der Waals surface area contributed by atoms with Crippen molar-refractivity contribution < 1.29 is 9.47 Å². The summed E-state index contributed by atoms with van der Waals surface area (Å²) in [6.45, 7) is 8.41. The first-order chi connectivity index (χ1) is 13.5. The maximum Gasteiger partial charge on any atom is 0.165 e. The monoisotopic (exact) mass is 396 g/mol. The summed E-state index contributed by atoms with van der Waals surface area (Å²) in [6.07, 6.45) is 8.03. The van der Waals surface area contributed by atoms with Crippen molar-refractivity contribution in [1.29, 1.82) is 0 Å². The van der Waals surface area contributed by atoms with Gasteiger partial charge in [0.05, 0.1) is 35.6 Å². The number of pyridine rings is 1. The summed E-state index contributed by atoms with van der Waals surface area (Å²) >= 11 is 0. The van der Waals surface area contributed by atoms with Crippen molar-refractivity contribution in [3.05, 3.63) is 36.4 Å². The zero-order chi connectivity index (χ0) is 19.7. The largest absolute Gasteiger partial charge is 0.496 e. The van der Waals surface area contributed by atoms with Crippen molar-refractivity contribution in [3.63, 3.8) is 0 Å². The van der Waals surface area contributed by atoms with E-state index in [1.54, 1.807) is 7.11 Å². The van der Waals surface area contributed by atoms with Crippen LogP contribution in [0.4, 0.5) is 0 Å². The summed E-state index contributed by atoms with van der Waals surface area (Å²) in [5.41, 5.74) is 3.86. The molecule has 1 aliphatic rings. The Morgan fingerprint density at radius 3 is 2.71 bits per heavy atom. The highest BCUT2D eigenvalue weighted by atomic mass is 28.3. The number of nitrogens with zero attached hydrogens (tertiary/aromatic N) is 4. The van der Waals surface area contributed by atoms with Crippen molar-refractivity contribution in [1.82, 2.24) is 19.5 Å². The van der Waals surface area contributed by atoms with Gasteiger partial charge in [0.15, 0.2) is 5.82 Å². The fourth-order valence-electron chi connectivity index (χ4n) is 3.27. The lowest BCUT2D eigenvalue weighted by Crippen LogP contribution is -2.21. The van der Waals surface area contributed by atoms with Gasteiger partial charge in [-0.3, -0.25) is 4.98 Å². The molecule has 148 valence electrons. The number of hydrogen-bond acceptors (Lipinski definition) is 5. The Morgan fingerprint density at radius 2 is 2.00 bits per heavy atom. The molecule has 0 radical (unpaired) electrons. The van der Waals surface area contributed by atoms with Gasteiger partial charge in [-0.1, -0.05) is 19.6 Å². The van der Waals surface area contributed by atoms with E-state index in [1.807, 2.05) is 30.7 Å². The molecule has 1 aliphatic carbocycles. The van der Waals surface area contributed by atoms with E-state index in [1.165, 1.54) is 12.8 Å². The molecule has 0 aromatic carbocycles. The Morgan fingerprint density at radius 1 is 1.18 bits per heavy atom. The highest BCUT2D eigenvalue weighted by Crippen LogP contribution is 2.45. The molecular formula is C21H28N4O2Si. The minimum Gasteiger partial charge on any atom is -0.496 e. The Balaban J connectivity index is 1.59. The van der Waals surface area contributed by atoms with Gasteiger partial charge in [0.25, 0.3) is 0 Å². The zero-order valence-electron chi connectivity index (χ0n) is 17.1. The number of aromatic nitrogens is 4. The van der Waals surface area contributed by atoms with Crippen LogP contribution in [0.15, 0.2) is 30.7 Å². The first kappa shape index (κ1) is 19.1. The van der Waals surface area contributed by atoms with Crippen LogP contribution in [0.1, 0.15) is 24.5 Å². The number of ether oxygens (including phenoxy) is 2. The van der Waals surface area contributed by atoms with Crippen LogP contribution in [0.3, 0.4) is 0 Å². The third kappa shape index (κ3) is 4.10. The van der Waals surface area contributed by atoms with Crippen molar-refractivity contribution in [3.8, 4) is 17.1 Å². The molecule has 0 saturated heterocycles. The maximum atomic E-state index is 5.88. The molecule has 3 aromatic heterocycles. The van der Waals surface area contributed by atoms with Crippen LogP contribution in [-0.4, -0.2) is 41.3 Å². The molecule has 1 saturated carbocycles. The van der Waals surface area contributed by atoms with Crippen LogP contribution in [0.5, 0.6) is 5.75 Å². The first-order valence-corrected chi connectivity index (χ1v) is 13.6. The van der Waals surface area contributed by atoms with Crippen LogP contribution in [0.25, 0.3) is 22.4 Å². The lowest BCUT2D eigenvalue weighted by Gasteiger charge is -2.15. The van der Waals surface area contributed by atoms with Crippen LogP contribution < -0.4 is 4.74 Å². The number of fused-ring (bicyclic) bond motifs is 1. The summed E-state index contributed by atoms with van der Waals surface area (Å²) in [7, 11) is 0.609. The van der Waals surface area contributed by atoms with E-state index in [-0.39, 0.29) is 0 Å². The maximum absolute atomic E-state index is 5.88. The molecule has 1 fully saturated rings. The molecule has 3 aromatic rings. The van der Waals surface area contributed by atoms with Gasteiger partial charge in [0.2, 0.25) is 0 Å². The van der Waals surface area contributed by atoms with E-state index in [4.69, 9.17) is 14.5 Å². The SMILES string of the molecule is COc1ccnc(C2CC2)c1-c1ncc2c(ccn2COCC[Si](C)(C)C)n1. The minimum atomic E-state index is -1.07. The first-order valence-electron chi connectivity index (χ1n) is 9.89. The van der Waals surface area contributed by atoms with Gasteiger partial charge in [-0.25, -0.2) is 9.97 Å². The Hall–Kier alpha value is -2.25. The molecule has 28 heavy (non-hydrogen) atoms. The molecule has 0 amide bonds. The average Bonchev–Trinajstić information content (AvgIpc) is 3.44. The predicted octanol–water partition coefficient (Wildman–Crippen LogP) is 4.69. The molecule has 0 N–H and O–H groups in total. The number of hydrogen-bond donors (Lipinski definition) is 0. The van der Waals surface area contributed by atoms with Gasteiger partial charge in [0, 0.05) is 33.0 Å². The van der Waals surface area contributed by atoms with Crippen molar-refractivity contribution in [2.45, 2.75) is 51.2 Å². The second-order valence-electron chi connectivity index (χ2n) is 8.65. The summed E-state index contributed by atoms with van der Waals surface area (Å²) in [5.74, 6) is 1.95. The molecule has 4 rings (SSSR count). The molecule has 3 heterocycles. The smallest absolute Gasteiger partial charge is 0.165 e. The quantitative estimate of drug-likeness (QED) is 0.408. The fraction of sp³-hybridized carbons (Fsp3) is 0.476. The summed E-state index contributed by atoms with van der Waals surface area (Å²) < 4.78 is 13.5. The van der Waals surface area contributed by atoms with Crippen molar-refractivity contribution in [2.24, 2.45) is 0 Å². The van der Waals surface area contributed by atoms with E-state index in [0.29, 0.717) is 18.5 Å². The molecule has 6 nitrogen and oxygen atoms in total. The zero-order valence-corrected chi connectivity index (χ0v) is 18.1.